The predicted octanol–water partition coefficient (Wildman–Crippen LogP) is 3.60. The number of rotatable bonds is 3. The number of hydrogen-bond donors (Lipinski definition) is 2. The first-order valence-corrected chi connectivity index (χ1v) is 8.21. The van der Waals surface area contributed by atoms with Crippen molar-refractivity contribution in [1.29, 1.82) is 0 Å². The van der Waals surface area contributed by atoms with Crippen molar-refractivity contribution in [2.24, 2.45) is 0 Å². The van der Waals surface area contributed by atoms with Gasteiger partial charge in [-0.2, -0.15) is 0 Å². The molecule has 1 aromatic carbocycles. The monoisotopic (exact) mass is 369 g/mol. The summed E-state index contributed by atoms with van der Waals surface area (Å²) in [6.45, 7) is 4.81. The van der Waals surface area contributed by atoms with Gasteiger partial charge < -0.3 is 15.2 Å². The Kier molecular flexibility index (Phi) is 6.27. The summed E-state index contributed by atoms with van der Waals surface area (Å²) in [5.74, 6) is 0.327. The number of benzene rings is 1. The molecule has 0 bridgehead atoms. The smallest absolute Gasteiger partial charge is 0.257 e. The molecule has 2 N–H and O–H groups in total. The summed E-state index contributed by atoms with van der Waals surface area (Å²) in [6.07, 6.45) is 2.01. The van der Waals surface area contributed by atoms with Gasteiger partial charge >= 0.3 is 0 Å². The van der Waals surface area contributed by atoms with E-state index in [2.05, 4.69) is 22.7 Å². The van der Waals surface area contributed by atoms with Gasteiger partial charge in [-0.15, -0.1) is 12.4 Å². The van der Waals surface area contributed by atoms with E-state index in [9.17, 15) is 4.79 Å². The quantitative estimate of drug-likeness (QED) is 0.867. The van der Waals surface area contributed by atoms with Crippen molar-refractivity contribution in [3.05, 3.63) is 40.6 Å². The Morgan fingerprint density at radius 1 is 1.42 bits per heavy atom. The number of nitrogens with zero attached hydrogens (tertiary/aromatic N) is 1. The first kappa shape index (κ1) is 18.8. The number of halogens is 2. The fourth-order valence-electron chi connectivity index (χ4n) is 2.96. The first-order valence-electron chi connectivity index (χ1n) is 7.83. The highest BCUT2D eigenvalue weighted by molar-refractivity contribution is 6.33. The van der Waals surface area contributed by atoms with E-state index in [0.717, 1.165) is 19.4 Å². The number of aromatic nitrogens is 1. The van der Waals surface area contributed by atoms with Crippen LogP contribution in [0.5, 0.6) is 0 Å². The third-order valence-corrected chi connectivity index (χ3v) is 4.63. The van der Waals surface area contributed by atoms with E-state index in [0.29, 0.717) is 27.6 Å². The highest BCUT2D eigenvalue weighted by Crippen LogP contribution is 2.31. The number of hydrogen-bond acceptors (Lipinski definition) is 4. The van der Waals surface area contributed by atoms with Gasteiger partial charge in [0.2, 0.25) is 0 Å². The zero-order valence-electron chi connectivity index (χ0n) is 13.6. The minimum absolute atomic E-state index is 0. The van der Waals surface area contributed by atoms with Crippen LogP contribution in [0.2, 0.25) is 5.02 Å². The fraction of sp³-hybridized carbons (Fsp3) is 0.412. The standard InChI is InChI=1S/C17H20ClN3O2.ClH/c1-10-14(8-5-9-19-10)20-17(22)15-11(2)23-21-16(15)12-6-3-4-7-13(12)18;/h3-4,6-7,10,14,19H,5,8-9H2,1-2H3,(H,20,22);1H. The predicted molar refractivity (Wildman–Crippen MR) is 96.9 cm³/mol. The van der Waals surface area contributed by atoms with Crippen LogP contribution in [0.3, 0.4) is 0 Å². The van der Waals surface area contributed by atoms with Gasteiger partial charge in [-0.1, -0.05) is 35.0 Å². The number of nitrogens with one attached hydrogen (secondary N) is 2. The van der Waals surface area contributed by atoms with Crippen LogP contribution in [0.15, 0.2) is 28.8 Å². The zero-order chi connectivity index (χ0) is 16.4. The molecule has 1 aliphatic heterocycles. The molecule has 1 aliphatic rings. The summed E-state index contributed by atoms with van der Waals surface area (Å²) in [5.41, 5.74) is 1.64. The van der Waals surface area contributed by atoms with Gasteiger partial charge in [-0.3, -0.25) is 4.79 Å². The van der Waals surface area contributed by atoms with Crippen LogP contribution in [0, 0.1) is 6.92 Å². The zero-order valence-corrected chi connectivity index (χ0v) is 15.2. The molecule has 0 aliphatic carbocycles. The minimum atomic E-state index is -0.167. The number of carbonyl (C=O) groups excluding carboxylic acids is 1. The molecule has 2 atom stereocenters. The molecule has 0 saturated carbocycles. The molecule has 24 heavy (non-hydrogen) atoms. The molecule has 7 heteroatoms. The van der Waals surface area contributed by atoms with Gasteiger partial charge in [0.1, 0.15) is 17.0 Å². The van der Waals surface area contributed by atoms with Crippen molar-refractivity contribution in [2.45, 2.75) is 38.8 Å². The Morgan fingerprint density at radius 2 is 2.17 bits per heavy atom. The summed E-state index contributed by atoms with van der Waals surface area (Å²) >= 11 is 6.24. The van der Waals surface area contributed by atoms with Gasteiger partial charge in [0.15, 0.2) is 0 Å². The Hall–Kier alpha value is -1.56. The molecule has 1 saturated heterocycles. The van der Waals surface area contributed by atoms with Crippen LogP contribution in [0.25, 0.3) is 11.3 Å². The van der Waals surface area contributed by atoms with Gasteiger partial charge in [-0.25, -0.2) is 0 Å². The normalized spacial score (nSPS) is 20.3. The Morgan fingerprint density at radius 3 is 2.88 bits per heavy atom. The summed E-state index contributed by atoms with van der Waals surface area (Å²) in [4.78, 5) is 12.8. The molecule has 1 aromatic heterocycles. The van der Waals surface area contributed by atoms with Crippen LogP contribution < -0.4 is 10.6 Å². The van der Waals surface area contributed by atoms with Crippen molar-refractivity contribution >= 4 is 29.9 Å². The van der Waals surface area contributed by atoms with Gasteiger partial charge in [0.25, 0.3) is 5.91 Å². The lowest BCUT2D eigenvalue weighted by Gasteiger charge is -2.30. The summed E-state index contributed by atoms with van der Waals surface area (Å²) in [7, 11) is 0. The molecule has 3 rings (SSSR count). The van der Waals surface area contributed by atoms with Gasteiger partial charge in [0.05, 0.1) is 5.02 Å². The van der Waals surface area contributed by atoms with Gasteiger partial charge in [-0.05, 0) is 39.3 Å². The van der Waals surface area contributed by atoms with Crippen LogP contribution in [0.4, 0.5) is 0 Å². The second-order valence-electron chi connectivity index (χ2n) is 5.91. The molecule has 2 unspecified atom stereocenters. The van der Waals surface area contributed by atoms with E-state index < -0.39 is 0 Å². The molecule has 130 valence electrons. The average Bonchev–Trinajstić information content (AvgIpc) is 2.91. The molecule has 2 aromatic rings. The van der Waals surface area contributed by atoms with Crippen LogP contribution in [0.1, 0.15) is 35.9 Å². The van der Waals surface area contributed by atoms with Gasteiger partial charge in [0, 0.05) is 17.6 Å². The van der Waals surface area contributed by atoms with E-state index in [4.69, 9.17) is 16.1 Å². The van der Waals surface area contributed by atoms with E-state index in [-0.39, 0.29) is 30.4 Å². The lowest BCUT2D eigenvalue weighted by Crippen LogP contribution is -2.52. The number of amides is 1. The molecule has 0 spiro atoms. The van der Waals surface area contributed by atoms with Crippen LogP contribution in [-0.2, 0) is 0 Å². The lowest BCUT2D eigenvalue weighted by molar-refractivity contribution is 0.0919. The largest absolute Gasteiger partial charge is 0.360 e. The summed E-state index contributed by atoms with van der Waals surface area (Å²) in [5, 5.41) is 11.1. The average molecular weight is 370 g/mol. The van der Waals surface area contributed by atoms with Crippen molar-refractivity contribution in [2.75, 3.05) is 6.54 Å². The van der Waals surface area contributed by atoms with E-state index >= 15 is 0 Å². The topological polar surface area (TPSA) is 67.2 Å². The maximum atomic E-state index is 12.8. The second-order valence-corrected chi connectivity index (χ2v) is 6.31. The third-order valence-electron chi connectivity index (χ3n) is 4.30. The van der Waals surface area contributed by atoms with Crippen molar-refractivity contribution < 1.29 is 9.32 Å². The van der Waals surface area contributed by atoms with E-state index in [1.54, 1.807) is 13.0 Å². The molecule has 2 heterocycles. The Labute approximate surface area is 152 Å². The lowest BCUT2D eigenvalue weighted by atomic mass is 9.98. The SMILES string of the molecule is Cc1onc(-c2ccccc2Cl)c1C(=O)NC1CCCNC1C.Cl. The number of carbonyl (C=O) groups is 1. The molecule has 5 nitrogen and oxygen atoms in total. The highest BCUT2D eigenvalue weighted by Gasteiger charge is 2.27. The Balaban J connectivity index is 0.00000208. The van der Waals surface area contributed by atoms with Crippen molar-refractivity contribution in [3.8, 4) is 11.3 Å². The van der Waals surface area contributed by atoms with E-state index in [1.165, 1.54) is 0 Å². The molecule has 0 radical (unpaired) electrons. The Bertz CT molecular complexity index is 718. The van der Waals surface area contributed by atoms with Crippen LogP contribution >= 0.6 is 24.0 Å². The van der Waals surface area contributed by atoms with Crippen LogP contribution in [-0.4, -0.2) is 29.7 Å². The number of piperidine rings is 1. The van der Waals surface area contributed by atoms with Crippen molar-refractivity contribution in [3.63, 3.8) is 0 Å². The molecule has 1 amide bonds. The second kappa shape index (κ2) is 8.01. The third kappa shape index (κ3) is 3.74. The molecular weight excluding hydrogens is 349 g/mol. The molecule has 1 fully saturated rings. The molecular formula is C17H21Cl2N3O2. The highest BCUT2D eigenvalue weighted by atomic mass is 35.5. The van der Waals surface area contributed by atoms with Crippen molar-refractivity contribution in [1.82, 2.24) is 15.8 Å². The maximum absolute atomic E-state index is 12.8. The summed E-state index contributed by atoms with van der Waals surface area (Å²) in [6, 6.07) is 7.66. The number of aryl methyl sites for hydroxylation is 1. The minimum Gasteiger partial charge on any atom is -0.360 e. The fourth-order valence-corrected chi connectivity index (χ4v) is 3.18. The maximum Gasteiger partial charge on any atom is 0.257 e. The first-order chi connectivity index (χ1) is 11.1. The summed E-state index contributed by atoms with van der Waals surface area (Å²) < 4.78 is 5.26. The van der Waals surface area contributed by atoms with E-state index in [1.807, 2.05) is 18.2 Å².